The molecule has 1 aromatic carbocycles. The number of likely N-dealkylation sites (tertiary alicyclic amines) is 1. The summed E-state index contributed by atoms with van der Waals surface area (Å²) in [5.74, 6) is 0. The molecule has 2 nitrogen and oxygen atoms in total. The first-order valence-electron chi connectivity index (χ1n) is 6.34. The van der Waals surface area contributed by atoms with Crippen LogP contribution >= 0.6 is 0 Å². The summed E-state index contributed by atoms with van der Waals surface area (Å²) < 4.78 is 31.1. The van der Waals surface area contributed by atoms with Crippen molar-refractivity contribution >= 4 is 0 Å². The maximum Gasteiger partial charge on any atom is 0.0679 e. The largest absolute Gasteiger partial charge is 0.392 e. The summed E-state index contributed by atoms with van der Waals surface area (Å²) in [6.45, 7) is -3.70. The van der Waals surface area contributed by atoms with Crippen LogP contribution in [-0.4, -0.2) is 29.1 Å². The molecule has 1 atom stereocenters. The molecule has 1 heterocycles. The van der Waals surface area contributed by atoms with Crippen molar-refractivity contribution in [3.8, 4) is 0 Å². The van der Waals surface area contributed by atoms with Gasteiger partial charge in [0.2, 0.25) is 0 Å². The van der Waals surface area contributed by atoms with Crippen LogP contribution in [0, 0.1) is 0 Å². The maximum atomic E-state index is 9.58. The molecule has 1 saturated heterocycles. The number of aliphatic hydroxyl groups excluding tert-OH is 1. The van der Waals surface area contributed by atoms with Gasteiger partial charge in [-0.15, -0.1) is 0 Å². The number of hydrogen-bond donors (Lipinski definition) is 1. The van der Waals surface area contributed by atoms with E-state index in [2.05, 4.69) is 0 Å². The minimum atomic E-state index is -2.03. The van der Waals surface area contributed by atoms with Crippen molar-refractivity contribution in [2.24, 2.45) is 0 Å². The molecule has 0 radical (unpaired) electrons. The summed E-state index contributed by atoms with van der Waals surface area (Å²) in [6.07, 6.45) is -1.49. The van der Waals surface area contributed by atoms with E-state index in [9.17, 15) is 5.11 Å². The molecule has 0 bridgehead atoms. The van der Waals surface area contributed by atoms with Gasteiger partial charge in [0, 0.05) is 25.0 Å². The van der Waals surface area contributed by atoms with E-state index in [1.165, 1.54) is 0 Å². The average molecular weight is 181 g/mol. The molecule has 0 aliphatic carbocycles. The van der Waals surface area contributed by atoms with Crippen molar-refractivity contribution in [2.45, 2.75) is 19.1 Å². The van der Waals surface area contributed by atoms with Gasteiger partial charge in [-0.3, -0.25) is 4.90 Å². The smallest absolute Gasteiger partial charge is 0.0679 e. The van der Waals surface area contributed by atoms with Crippen LogP contribution < -0.4 is 0 Å². The zero-order valence-corrected chi connectivity index (χ0v) is 7.27. The number of β-amino-alcohol motifs (C(OH)–C–C–N with tert-alkyl or cyclic N) is 1. The summed E-state index contributed by atoms with van der Waals surface area (Å²) in [4.78, 5) is 1.08. The van der Waals surface area contributed by atoms with Crippen LogP contribution in [-0.2, 0) is 6.54 Å². The van der Waals surface area contributed by atoms with Gasteiger partial charge in [-0.05, 0) is 12.0 Å². The Bertz CT molecular complexity index is 396. The number of hydrogen-bond acceptors (Lipinski definition) is 2. The summed E-state index contributed by atoms with van der Waals surface area (Å²) >= 11 is 0. The van der Waals surface area contributed by atoms with Crippen LogP contribution in [0.1, 0.15) is 17.5 Å². The van der Waals surface area contributed by atoms with Gasteiger partial charge in [-0.25, -0.2) is 0 Å². The van der Waals surface area contributed by atoms with Crippen molar-refractivity contribution in [1.82, 2.24) is 4.90 Å². The van der Waals surface area contributed by atoms with Gasteiger partial charge in [0.15, 0.2) is 0 Å². The molecule has 0 amide bonds. The summed E-state index contributed by atoms with van der Waals surface area (Å²) in [7, 11) is 0. The Hall–Kier alpha value is -0.860. The van der Waals surface area contributed by atoms with Crippen molar-refractivity contribution < 1.29 is 10.6 Å². The Morgan fingerprint density at radius 2 is 2.23 bits per heavy atom. The molecule has 2 rings (SSSR count). The number of rotatable bonds is 2. The molecule has 0 spiro atoms. The predicted molar refractivity (Wildman–Crippen MR) is 52.3 cm³/mol. The molecule has 1 aliphatic heterocycles. The zero-order chi connectivity index (χ0) is 12.7. The first-order chi connectivity index (χ1) is 7.84. The second-order valence-electron chi connectivity index (χ2n) is 3.08. The van der Waals surface area contributed by atoms with Gasteiger partial charge in [0.25, 0.3) is 0 Å². The van der Waals surface area contributed by atoms with Crippen LogP contribution in [0.5, 0.6) is 0 Å². The molecular weight excluding hydrogens is 162 g/mol. The maximum absolute atomic E-state index is 9.58. The molecule has 70 valence electrons. The Kier molecular flexibility index (Phi) is 1.54. The Morgan fingerprint density at radius 1 is 1.46 bits per heavy atom. The molecule has 1 N–H and O–H groups in total. The monoisotopic (exact) mass is 181 g/mol. The van der Waals surface area contributed by atoms with Crippen LogP contribution in [0.4, 0.5) is 0 Å². The summed E-state index contributed by atoms with van der Waals surface area (Å²) in [5, 5.41) is 9.58. The highest BCUT2D eigenvalue weighted by Gasteiger charge is 2.19. The highest BCUT2D eigenvalue weighted by atomic mass is 16.3. The number of nitrogens with zero attached hydrogens (tertiary/aromatic N) is 1. The fourth-order valence-electron chi connectivity index (χ4n) is 1.34. The average Bonchev–Trinajstić information content (AvgIpc) is 2.39. The van der Waals surface area contributed by atoms with Gasteiger partial charge in [0.1, 0.15) is 0 Å². The van der Waals surface area contributed by atoms with Crippen LogP contribution in [0.25, 0.3) is 0 Å². The minimum Gasteiger partial charge on any atom is -0.392 e. The standard InChI is InChI=1S/C11H15NO/c13-11-6-7-12(9-11)8-10-4-2-1-3-5-10/h1-5,11,13H,6-9H2/t11-/m1/s1/i7D2,9D2. The van der Waals surface area contributed by atoms with Gasteiger partial charge in [-0.1, -0.05) is 30.3 Å². The Balaban J connectivity index is 2.24. The third-order valence-electron chi connectivity index (χ3n) is 1.96. The van der Waals surface area contributed by atoms with Crippen molar-refractivity contribution in [1.29, 1.82) is 0 Å². The lowest BCUT2D eigenvalue weighted by Crippen LogP contribution is -2.21. The molecule has 0 aromatic heterocycles. The fraction of sp³-hybridized carbons (Fsp3) is 0.455. The van der Waals surface area contributed by atoms with Crippen LogP contribution in [0.15, 0.2) is 30.3 Å². The highest BCUT2D eigenvalue weighted by molar-refractivity contribution is 5.14. The van der Waals surface area contributed by atoms with Gasteiger partial charge in [-0.2, -0.15) is 0 Å². The van der Waals surface area contributed by atoms with E-state index in [0.717, 1.165) is 10.5 Å². The Labute approximate surface area is 84.4 Å². The number of benzene rings is 1. The van der Waals surface area contributed by atoms with Crippen molar-refractivity contribution in [3.63, 3.8) is 0 Å². The molecule has 1 aromatic rings. The van der Waals surface area contributed by atoms with E-state index in [0.29, 0.717) is 0 Å². The highest BCUT2D eigenvalue weighted by Crippen LogP contribution is 2.12. The number of aliphatic hydroxyl groups is 1. The Morgan fingerprint density at radius 3 is 2.85 bits per heavy atom. The lowest BCUT2D eigenvalue weighted by molar-refractivity contribution is 0.175. The molecule has 0 saturated carbocycles. The summed E-state index contributed by atoms with van der Waals surface area (Å²) in [5.41, 5.74) is 0.828. The van der Waals surface area contributed by atoms with E-state index >= 15 is 0 Å². The first-order valence-corrected chi connectivity index (χ1v) is 4.34. The lowest BCUT2D eigenvalue weighted by Gasteiger charge is -2.14. The van der Waals surface area contributed by atoms with E-state index in [4.69, 9.17) is 5.48 Å². The van der Waals surface area contributed by atoms with Crippen molar-refractivity contribution in [2.75, 3.05) is 13.0 Å². The fourth-order valence-corrected chi connectivity index (χ4v) is 1.34. The van der Waals surface area contributed by atoms with Gasteiger partial charge in [0.05, 0.1) is 6.10 Å². The molecule has 1 aliphatic rings. The van der Waals surface area contributed by atoms with E-state index in [-0.39, 0.29) is 13.0 Å². The third kappa shape index (κ3) is 2.29. The molecule has 13 heavy (non-hydrogen) atoms. The minimum absolute atomic E-state index is 0.151. The molecular formula is C11H15NO. The quantitative estimate of drug-likeness (QED) is 0.742. The normalized spacial score (nSPS) is 35.9. The van der Waals surface area contributed by atoms with E-state index in [1.54, 1.807) is 0 Å². The van der Waals surface area contributed by atoms with Crippen LogP contribution in [0.2, 0.25) is 0 Å². The third-order valence-corrected chi connectivity index (χ3v) is 1.96. The van der Waals surface area contributed by atoms with Gasteiger partial charge < -0.3 is 5.11 Å². The first kappa shape index (κ1) is 5.13. The van der Waals surface area contributed by atoms with E-state index in [1.807, 2.05) is 30.3 Å². The lowest BCUT2D eigenvalue weighted by atomic mass is 10.2. The second kappa shape index (κ2) is 3.90. The van der Waals surface area contributed by atoms with E-state index < -0.39 is 19.1 Å². The topological polar surface area (TPSA) is 23.5 Å². The van der Waals surface area contributed by atoms with Crippen LogP contribution in [0.3, 0.4) is 0 Å². The predicted octanol–water partition coefficient (Wildman–Crippen LogP) is 1.25. The summed E-state index contributed by atoms with van der Waals surface area (Å²) in [6, 6.07) is 9.14. The molecule has 0 unspecified atom stereocenters. The zero-order valence-electron chi connectivity index (χ0n) is 11.3. The molecule has 2 heteroatoms. The molecule has 1 fully saturated rings. The van der Waals surface area contributed by atoms with Crippen molar-refractivity contribution in [3.05, 3.63) is 35.9 Å². The van der Waals surface area contributed by atoms with Gasteiger partial charge >= 0.3 is 0 Å². The second-order valence-corrected chi connectivity index (χ2v) is 3.08. The SMILES string of the molecule is [2H]C1([2H])C[C@@H](O)C([2H])([2H])N1Cc1ccccc1.